The van der Waals surface area contributed by atoms with Crippen molar-refractivity contribution in [3.63, 3.8) is 0 Å². The van der Waals surface area contributed by atoms with Gasteiger partial charge in [-0.15, -0.1) is 0 Å². The first kappa shape index (κ1) is 12.4. The van der Waals surface area contributed by atoms with Crippen LogP contribution in [-0.2, 0) is 17.8 Å². The summed E-state index contributed by atoms with van der Waals surface area (Å²) in [5.74, 6) is 0.371. The topological polar surface area (TPSA) is 51.7 Å². The summed E-state index contributed by atoms with van der Waals surface area (Å²) in [7, 11) is 0. The zero-order valence-electron chi connectivity index (χ0n) is 10.8. The molecule has 2 heterocycles. The van der Waals surface area contributed by atoms with E-state index in [-0.39, 0.29) is 6.09 Å². The standard InChI is InChI=1S/C12H16N4O2/c1-12(2,3)18-11(17)15-5-6-16-9(8-15)7-10(13-4)14-16/h7H,5-6,8H2,1-3H3. The van der Waals surface area contributed by atoms with E-state index in [4.69, 9.17) is 11.3 Å². The first-order chi connectivity index (χ1) is 8.39. The van der Waals surface area contributed by atoms with Crippen LogP contribution in [0, 0.1) is 6.57 Å². The maximum absolute atomic E-state index is 11.9. The Morgan fingerprint density at radius 3 is 2.83 bits per heavy atom. The van der Waals surface area contributed by atoms with Crippen LogP contribution in [-0.4, -0.2) is 32.9 Å². The van der Waals surface area contributed by atoms with Crippen molar-refractivity contribution in [1.82, 2.24) is 14.7 Å². The molecule has 1 aliphatic heterocycles. The normalized spacial score (nSPS) is 14.9. The van der Waals surface area contributed by atoms with E-state index in [1.165, 1.54) is 0 Å². The van der Waals surface area contributed by atoms with Crippen molar-refractivity contribution >= 4 is 11.9 Å². The number of nitrogens with zero attached hydrogens (tertiary/aromatic N) is 4. The molecule has 0 unspecified atom stereocenters. The molecule has 0 bridgehead atoms. The number of hydrogen-bond acceptors (Lipinski definition) is 3. The van der Waals surface area contributed by atoms with Gasteiger partial charge in [-0.05, 0) is 31.9 Å². The lowest BCUT2D eigenvalue weighted by Gasteiger charge is -2.29. The first-order valence-electron chi connectivity index (χ1n) is 5.81. The highest BCUT2D eigenvalue weighted by atomic mass is 16.6. The zero-order valence-corrected chi connectivity index (χ0v) is 10.8. The minimum absolute atomic E-state index is 0.320. The maximum Gasteiger partial charge on any atom is 0.410 e. The molecule has 1 aliphatic rings. The van der Waals surface area contributed by atoms with E-state index < -0.39 is 5.60 Å². The largest absolute Gasteiger partial charge is 0.444 e. The number of hydrogen-bond donors (Lipinski definition) is 0. The third-order valence-electron chi connectivity index (χ3n) is 2.55. The number of fused-ring (bicyclic) bond motifs is 1. The minimum atomic E-state index is -0.490. The fraction of sp³-hybridized carbons (Fsp3) is 0.583. The monoisotopic (exact) mass is 248 g/mol. The van der Waals surface area contributed by atoms with Gasteiger partial charge in [0.2, 0.25) is 0 Å². The average Bonchev–Trinajstić information content (AvgIpc) is 2.68. The van der Waals surface area contributed by atoms with E-state index in [2.05, 4.69) is 9.94 Å². The molecule has 1 amide bonds. The Morgan fingerprint density at radius 1 is 1.50 bits per heavy atom. The van der Waals surface area contributed by atoms with Gasteiger partial charge >= 0.3 is 6.09 Å². The van der Waals surface area contributed by atoms with Gasteiger partial charge in [-0.3, -0.25) is 0 Å². The molecule has 1 aromatic rings. The van der Waals surface area contributed by atoms with Crippen LogP contribution in [0.2, 0.25) is 0 Å². The second kappa shape index (κ2) is 4.33. The number of carbonyl (C=O) groups excluding carboxylic acids is 1. The molecule has 0 fully saturated rings. The van der Waals surface area contributed by atoms with E-state index in [0.29, 0.717) is 25.5 Å². The lowest BCUT2D eigenvalue weighted by atomic mass is 10.2. The third kappa shape index (κ3) is 2.62. The highest BCUT2D eigenvalue weighted by molar-refractivity contribution is 5.68. The van der Waals surface area contributed by atoms with Crippen LogP contribution in [0.3, 0.4) is 0 Å². The predicted molar refractivity (Wildman–Crippen MR) is 65.1 cm³/mol. The van der Waals surface area contributed by atoms with Crippen LogP contribution in [0.25, 0.3) is 4.85 Å². The Morgan fingerprint density at radius 2 is 2.22 bits per heavy atom. The molecule has 0 aromatic carbocycles. The van der Waals surface area contributed by atoms with Crippen molar-refractivity contribution < 1.29 is 9.53 Å². The van der Waals surface area contributed by atoms with Gasteiger partial charge in [0.15, 0.2) is 0 Å². The number of aromatic nitrogens is 2. The van der Waals surface area contributed by atoms with Gasteiger partial charge in [-0.25, -0.2) is 4.79 Å². The Hall–Kier alpha value is -2.03. The molecule has 0 N–H and O–H groups in total. The third-order valence-corrected chi connectivity index (χ3v) is 2.55. The highest BCUT2D eigenvalue weighted by Crippen LogP contribution is 2.20. The SMILES string of the molecule is [C-]#[N+]c1cc2n(n1)CCN(C(=O)OC(C)(C)C)C2. The smallest absolute Gasteiger partial charge is 0.410 e. The average molecular weight is 248 g/mol. The Balaban J connectivity index is 2.08. The molecular weight excluding hydrogens is 232 g/mol. The molecule has 6 heteroatoms. The van der Waals surface area contributed by atoms with E-state index in [1.54, 1.807) is 15.6 Å². The van der Waals surface area contributed by atoms with Gasteiger partial charge in [0, 0.05) is 6.54 Å². The van der Waals surface area contributed by atoms with Crippen LogP contribution < -0.4 is 0 Å². The fourth-order valence-corrected chi connectivity index (χ4v) is 1.79. The summed E-state index contributed by atoms with van der Waals surface area (Å²) in [5.41, 5.74) is 0.384. The van der Waals surface area contributed by atoms with Crippen molar-refractivity contribution in [1.29, 1.82) is 0 Å². The molecule has 0 atom stereocenters. The van der Waals surface area contributed by atoms with Crippen LogP contribution in [0.5, 0.6) is 0 Å². The van der Waals surface area contributed by atoms with E-state index in [9.17, 15) is 4.79 Å². The highest BCUT2D eigenvalue weighted by Gasteiger charge is 2.27. The van der Waals surface area contributed by atoms with Gasteiger partial charge in [0.05, 0.1) is 18.8 Å². The number of carbonyl (C=O) groups is 1. The summed E-state index contributed by atoms with van der Waals surface area (Å²) in [6, 6.07) is 1.71. The van der Waals surface area contributed by atoms with Gasteiger partial charge in [-0.2, -0.15) is 4.68 Å². The molecule has 18 heavy (non-hydrogen) atoms. The molecule has 0 saturated heterocycles. The van der Waals surface area contributed by atoms with Crippen molar-refractivity contribution in [2.24, 2.45) is 0 Å². The first-order valence-corrected chi connectivity index (χ1v) is 5.81. The molecule has 0 aliphatic carbocycles. The van der Waals surface area contributed by atoms with Crippen molar-refractivity contribution in [2.75, 3.05) is 6.54 Å². The minimum Gasteiger partial charge on any atom is -0.444 e. The molecule has 96 valence electrons. The van der Waals surface area contributed by atoms with Gasteiger partial charge in [-0.1, -0.05) is 6.57 Å². The van der Waals surface area contributed by atoms with Gasteiger partial charge in [0.1, 0.15) is 5.60 Å². The van der Waals surface area contributed by atoms with Crippen molar-refractivity contribution in [3.8, 4) is 0 Å². The second-order valence-electron chi connectivity index (χ2n) is 5.23. The molecular formula is C12H16N4O2. The zero-order chi connectivity index (χ0) is 13.3. The number of rotatable bonds is 0. The van der Waals surface area contributed by atoms with E-state index in [1.807, 2.05) is 20.8 Å². The molecule has 1 aromatic heterocycles. The molecule has 0 saturated carbocycles. The van der Waals surface area contributed by atoms with Crippen molar-refractivity contribution in [3.05, 3.63) is 23.2 Å². The Kier molecular flexibility index (Phi) is 2.99. The molecule has 0 radical (unpaired) electrons. The van der Waals surface area contributed by atoms with Crippen LogP contribution in [0.1, 0.15) is 26.5 Å². The lowest BCUT2D eigenvalue weighted by Crippen LogP contribution is -2.41. The summed E-state index contributed by atoms with van der Waals surface area (Å²) in [6.07, 6.45) is -0.320. The molecule has 2 rings (SSSR count). The quantitative estimate of drug-likeness (QED) is 0.661. The van der Waals surface area contributed by atoms with Crippen LogP contribution in [0.4, 0.5) is 10.6 Å². The van der Waals surface area contributed by atoms with Gasteiger partial charge in [0.25, 0.3) is 5.82 Å². The lowest BCUT2D eigenvalue weighted by molar-refractivity contribution is 0.0194. The maximum atomic E-state index is 11.9. The second-order valence-corrected chi connectivity index (χ2v) is 5.23. The summed E-state index contributed by atoms with van der Waals surface area (Å²) in [5, 5.41) is 4.12. The summed E-state index contributed by atoms with van der Waals surface area (Å²) in [6.45, 7) is 14.1. The Bertz CT molecular complexity index is 507. The fourth-order valence-electron chi connectivity index (χ4n) is 1.79. The van der Waals surface area contributed by atoms with Crippen molar-refractivity contribution in [2.45, 2.75) is 39.5 Å². The summed E-state index contributed by atoms with van der Waals surface area (Å²) < 4.78 is 7.09. The molecule has 0 spiro atoms. The van der Waals surface area contributed by atoms with Crippen LogP contribution in [0.15, 0.2) is 6.07 Å². The van der Waals surface area contributed by atoms with Gasteiger partial charge < -0.3 is 14.5 Å². The Labute approximate surface area is 106 Å². The number of amides is 1. The summed E-state index contributed by atoms with van der Waals surface area (Å²) >= 11 is 0. The summed E-state index contributed by atoms with van der Waals surface area (Å²) in [4.78, 5) is 16.8. The van der Waals surface area contributed by atoms with Crippen LogP contribution >= 0.6 is 0 Å². The van der Waals surface area contributed by atoms with E-state index >= 15 is 0 Å². The predicted octanol–water partition coefficient (Wildman–Crippen LogP) is 2.18. The molecule has 6 nitrogen and oxygen atoms in total. The van der Waals surface area contributed by atoms with E-state index in [0.717, 1.165) is 5.69 Å². The number of ether oxygens (including phenoxy) is 1.